The Hall–Kier alpha value is -2.83. The van der Waals surface area contributed by atoms with Crippen molar-refractivity contribution in [3.05, 3.63) is 53.3 Å². The summed E-state index contributed by atoms with van der Waals surface area (Å²) in [5.41, 5.74) is 3.59. The van der Waals surface area contributed by atoms with E-state index in [9.17, 15) is 9.59 Å². The number of benzene rings is 1. The summed E-state index contributed by atoms with van der Waals surface area (Å²) in [4.78, 5) is 26.8. The largest absolute Gasteiger partial charge is 0.352 e. The molecule has 0 spiro atoms. The summed E-state index contributed by atoms with van der Waals surface area (Å²) in [5.74, 6) is 0.0810. The molecule has 2 unspecified atom stereocenters. The van der Waals surface area contributed by atoms with Gasteiger partial charge in [-0.3, -0.25) is 9.48 Å². The van der Waals surface area contributed by atoms with Gasteiger partial charge in [-0.15, -0.1) is 0 Å². The van der Waals surface area contributed by atoms with Gasteiger partial charge in [0, 0.05) is 36.8 Å². The average Bonchev–Trinajstić information content (AvgIpc) is 3.18. The van der Waals surface area contributed by atoms with Crippen LogP contribution < -0.4 is 10.6 Å². The molecule has 1 aliphatic heterocycles. The first-order chi connectivity index (χ1) is 15.1. The third-order valence-electron chi connectivity index (χ3n) is 6.29. The first-order valence-corrected chi connectivity index (χ1v) is 11.6. The van der Waals surface area contributed by atoms with Crippen molar-refractivity contribution in [1.82, 2.24) is 25.3 Å². The second kappa shape index (κ2) is 9.98. The van der Waals surface area contributed by atoms with Crippen molar-refractivity contribution in [2.75, 3.05) is 13.1 Å². The third kappa shape index (κ3) is 5.27. The molecular weight excluding hydrogens is 390 g/mol. The Morgan fingerprint density at radius 2 is 1.97 bits per heavy atom. The van der Waals surface area contributed by atoms with E-state index in [1.165, 1.54) is 11.3 Å². The van der Waals surface area contributed by atoms with Crippen LogP contribution in [0.1, 0.15) is 68.3 Å². The average molecular weight is 424 g/mol. The normalized spacial score (nSPS) is 20.7. The maximum absolute atomic E-state index is 13.0. The molecule has 2 aromatic rings. The molecule has 1 aromatic heterocycles. The number of aromatic nitrogens is 2. The minimum absolute atomic E-state index is 0.00386. The van der Waals surface area contributed by atoms with E-state index in [0.29, 0.717) is 13.0 Å². The fraction of sp³-hybridized carbons (Fsp3) is 0.542. The molecule has 1 saturated heterocycles. The Kier molecular flexibility index (Phi) is 6.89. The molecule has 0 saturated carbocycles. The summed E-state index contributed by atoms with van der Waals surface area (Å²) >= 11 is 0. The predicted molar refractivity (Wildman–Crippen MR) is 120 cm³/mol. The van der Waals surface area contributed by atoms with E-state index in [-0.39, 0.29) is 24.0 Å². The van der Waals surface area contributed by atoms with Crippen LogP contribution >= 0.6 is 0 Å². The number of hydrogen-bond donors (Lipinski definition) is 2. The number of rotatable bonds is 6. The summed E-state index contributed by atoms with van der Waals surface area (Å²) < 4.78 is 2.07. The zero-order valence-corrected chi connectivity index (χ0v) is 18.3. The van der Waals surface area contributed by atoms with Crippen molar-refractivity contribution in [3.8, 4) is 0 Å². The number of carbonyl (C=O) groups excluding carboxylic acids is 2. The number of hydrogen-bond acceptors (Lipinski definition) is 3. The van der Waals surface area contributed by atoms with Crippen LogP contribution in [-0.4, -0.2) is 45.8 Å². The molecule has 2 N–H and O–H groups in total. The highest BCUT2D eigenvalue weighted by atomic mass is 16.2. The van der Waals surface area contributed by atoms with Gasteiger partial charge in [-0.2, -0.15) is 5.10 Å². The molecule has 2 aliphatic rings. The standard InChI is InChI=1S/C24H33N5O2/c1-2-8-23(30)26-19-11-7-14-28(17-19)24(31)27-21-12-6-13-22-20(21)15-25-29(22)16-18-9-4-3-5-10-18/h3-5,9-10,15,19,21H,2,6-8,11-14,16-17H2,1H3,(H,26,30)(H,27,31). The summed E-state index contributed by atoms with van der Waals surface area (Å²) in [6.45, 7) is 4.07. The molecule has 1 fully saturated rings. The van der Waals surface area contributed by atoms with Crippen molar-refractivity contribution >= 4 is 11.9 Å². The van der Waals surface area contributed by atoms with Crippen LogP contribution in [0.3, 0.4) is 0 Å². The number of nitrogens with one attached hydrogen (secondary N) is 2. The minimum Gasteiger partial charge on any atom is -0.352 e. The van der Waals surface area contributed by atoms with Gasteiger partial charge >= 0.3 is 6.03 Å². The van der Waals surface area contributed by atoms with Gasteiger partial charge < -0.3 is 15.5 Å². The number of fused-ring (bicyclic) bond motifs is 1. The maximum Gasteiger partial charge on any atom is 0.317 e. The Balaban J connectivity index is 1.38. The lowest BCUT2D eigenvalue weighted by molar-refractivity contribution is -0.122. The minimum atomic E-state index is -0.0388. The van der Waals surface area contributed by atoms with Crippen molar-refractivity contribution < 1.29 is 9.59 Å². The molecule has 3 amide bonds. The Bertz CT molecular complexity index is 895. The van der Waals surface area contributed by atoms with Crippen molar-refractivity contribution in [1.29, 1.82) is 0 Å². The summed E-state index contributed by atoms with van der Waals surface area (Å²) in [5, 5.41) is 10.9. The molecular formula is C24H33N5O2. The first-order valence-electron chi connectivity index (χ1n) is 11.6. The topological polar surface area (TPSA) is 79.3 Å². The third-order valence-corrected chi connectivity index (χ3v) is 6.29. The van der Waals surface area contributed by atoms with E-state index < -0.39 is 0 Å². The zero-order valence-electron chi connectivity index (χ0n) is 18.3. The van der Waals surface area contributed by atoms with Gasteiger partial charge in [0.1, 0.15) is 0 Å². The Morgan fingerprint density at radius 3 is 2.77 bits per heavy atom. The molecule has 4 rings (SSSR count). The lowest BCUT2D eigenvalue weighted by Gasteiger charge is -2.35. The highest BCUT2D eigenvalue weighted by Crippen LogP contribution is 2.30. The monoisotopic (exact) mass is 423 g/mol. The number of carbonyl (C=O) groups is 2. The molecule has 0 radical (unpaired) electrons. The van der Waals surface area contributed by atoms with Crippen molar-refractivity contribution in [3.63, 3.8) is 0 Å². The van der Waals surface area contributed by atoms with E-state index in [1.807, 2.05) is 36.2 Å². The van der Waals surface area contributed by atoms with E-state index >= 15 is 0 Å². The van der Waals surface area contributed by atoms with E-state index in [2.05, 4.69) is 32.5 Å². The zero-order chi connectivity index (χ0) is 21.6. The SMILES string of the molecule is CCCC(=O)NC1CCCN(C(=O)NC2CCCc3c2cnn3Cc2ccccc2)C1. The van der Waals surface area contributed by atoms with Gasteiger partial charge in [0.2, 0.25) is 5.91 Å². The Labute approximate surface area is 184 Å². The van der Waals surface area contributed by atoms with Gasteiger partial charge in [-0.05, 0) is 44.1 Å². The van der Waals surface area contributed by atoms with Crippen LogP contribution in [0.25, 0.3) is 0 Å². The molecule has 166 valence electrons. The fourth-order valence-electron chi connectivity index (χ4n) is 4.71. The number of amides is 3. The summed E-state index contributed by atoms with van der Waals surface area (Å²) in [6, 6.07) is 10.3. The second-order valence-corrected chi connectivity index (χ2v) is 8.69. The van der Waals surface area contributed by atoms with Crippen LogP contribution in [0.4, 0.5) is 4.79 Å². The second-order valence-electron chi connectivity index (χ2n) is 8.69. The van der Waals surface area contributed by atoms with Crippen molar-refractivity contribution in [2.24, 2.45) is 0 Å². The smallest absolute Gasteiger partial charge is 0.317 e. The number of urea groups is 1. The summed E-state index contributed by atoms with van der Waals surface area (Å²) in [6.07, 6.45) is 8.10. The quantitative estimate of drug-likeness (QED) is 0.747. The van der Waals surface area contributed by atoms with Gasteiger partial charge in [-0.1, -0.05) is 37.3 Å². The van der Waals surface area contributed by atoms with Gasteiger partial charge in [0.05, 0.1) is 18.8 Å². The molecule has 31 heavy (non-hydrogen) atoms. The summed E-state index contributed by atoms with van der Waals surface area (Å²) in [7, 11) is 0. The predicted octanol–water partition coefficient (Wildman–Crippen LogP) is 3.40. The van der Waals surface area contributed by atoms with Crippen LogP contribution in [0, 0.1) is 0 Å². The van der Waals surface area contributed by atoms with Crippen molar-refractivity contribution in [2.45, 2.75) is 70.5 Å². The van der Waals surface area contributed by atoms with E-state index in [1.54, 1.807) is 0 Å². The number of likely N-dealkylation sites (tertiary alicyclic amines) is 1. The lowest BCUT2D eigenvalue weighted by atomic mass is 9.93. The van der Waals surface area contributed by atoms with Gasteiger partial charge in [0.25, 0.3) is 0 Å². The highest BCUT2D eigenvalue weighted by Gasteiger charge is 2.29. The fourth-order valence-corrected chi connectivity index (χ4v) is 4.71. The highest BCUT2D eigenvalue weighted by molar-refractivity contribution is 5.77. The number of nitrogens with zero attached hydrogens (tertiary/aromatic N) is 3. The van der Waals surface area contributed by atoms with Crippen LogP contribution in [0.2, 0.25) is 0 Å². The molecule has 7 nitrogen and oxygen atoms in total. The van der Waals surface area contributed by atoms with Gasteiger partial charge in [0.15, 0.2) is 0 Å². The molecule has 2 heterocycles. The van der Waals surface area contributed by atoms with E-state index in [0.717, 1.165) is 57.2 Å². The first kappa shape index (κ1) is 21.4. The lowest BCUT2D eigenvalue weighted by Crippen LogP contribution is -2.52. The van der Waals surface area contributed by atoms with Crippen LogP contribution in [0.5, 0.6) is 0 Å². The molecule has 7 heteroatoms. The van der Waals surface area contributed by atoms with Crippen LogP contribution in [0.15, 0.2) is 36.5 Å². The molecule has 2 atom stereocenters. The molecule has 1 aliphatic carbocycles. The molecule has 1 aromatic carbocycles. The van der Waals surface area contributed by atoms with Gasteiger partial charge in [-0.25, -0.2) is 4.79 Å². The molecule has 0 bridgehead atoms. The Morgan fingerprint density at radius 1 is 1.13 bits per heavy atom. The van der Waals surface area contributed by atoms with Crippen LogP contribution in [-0.2, 0) is 17.8 Å². The number of piperidine rings is 1. The maximum atomic E-state index is 13.0. The van der Waals surface area contributed by atoms with E-state index in [4.69, 9.17) is 0 Å².